The molecule has 0 heterocycles. The molecule has 0 aliphatic heterocycles. The van der Waals surface area contributed by atoms with Crippen LogP contribution in [0.5, 0.6) is 0 Å². The predicted molar refractivity (Wildman–Crippen MR) is 77.3 cm³/mol. The molecule has 2 rings (SSSR count). The number of aldehydes is 1. The summed E-state index contributed by atoms with van der Waals surface area (Å²) in [6.45, 7) is 0. The van der Waals surface area contributed by atoms with Gasteiger partial charge in [-0.05, 0) is 0 Å². The molecule has 0 bridgehead atoms. The number of rotatable bonds is 4. The van der Waals surface area contributed by atoms with Gasteiger partial charge in [0.2, 0.25) is 0 Å². The van der Waals surface area contributed by atoms with E-state index in [1.807, 2.05) is 60.7 Å². The molecule has 0 N–H and O–H groups in total. The quantitative estimate of drug-likeness (QED) is 0.481. The third kappa shape index (κ3) is 3.85. The van der Waals surface area contributed by atoms with Crippen LogP contribution >= 0.6 is 11.6 Å². The fourth-order valence-electron chi connectivity index (χ4n) is 1.44. The summed E-state index contributed by atoms with van der Waals surface area (Å²) in [5.74, 6) is 0. The zero-order valence-corrected chi connectivity index (χ0v) is 12.0. The van der Waals surface area contributed by atoms with E-state index >= 15 is 0 Å². The molecule has 0 amide bonds. The number of benzene rings is 2. The van der Waals surface area contributed by atoms with E-state index in [2.05, 4.69) is 0 Å². The zero-order valence-electron chi connectivity index (χ0n) is 9.55. The number of hydrogen-bond donors (Lipinski definition) is 0. The Hall–Kier alpha value is -1.34. The molecule has 0 fully saturated rings. The van der Waals surface area contributed by atoms with Crippen molar-refractivity contribution in [1.82, 2.24) is 0 Å². The van der Waals surface area contributed by atoms with Crippen molar-refractivity contribution in [2.75, 3.05) is 0 Å². The summed E-state index contributed by atoms with van der Waals surface area (Å²) >= 11 is 5.85. The summed E-state index contributed by atoms with van der Waals surface area (Å²) < 4.78 is 1.96. The molecule has 0 aromatic heterocycles. The van der Waals surface area contributed by atoms with Gasteiger partial charge in [0.1, 0.15) is 0 Å². The van der Waals surface area contributed by atoms with Gasteiger partial charge in [0, 0.05) is 0 Å². The first-order valence-corrected chi connectivity index (χ1v) is 7.52. The number of halogens is 1. The summed E-state index contributed by atoms with van der Waals surface area (Å²) in [5, 5.41) is 0.717. The molecule has 3 heteroatoms. The van der Waals surface area contributed by atoms with Crippen molar-refractivity contribution in [3.05, 3.63) is 69.7 Å². The summed E-state index contributed by atoms with van der Waals surface area (Å²) in [6, 6.07) is 17.5. The number of carbonyl (C=O) groups excluding carboxylic acids is 1. The average molecular weight is 322 g/mol. The Labute approximate surface area is 118 Å². The Bertz CT molecular complexity index is 546. The SMILES string of the molecule is O=C/C(=C/c1ccccc1)[Se]c1ccc(Cl)cc1. The van der Waals surface area contributed by atoms with Crippen molar-refractivity contribution in [1.29, 1.82) is 0 Å². The summed E-state index contributed by atoms with van der Waals surface area (Å²) in [6.07, 6.45) is 2.86. The number of carbonyl (C=O) groups is 1. The van der Waals surface area contributed by atoms with Gasteiger partial charge < -0.3 is 0 Å². The Morgan fingerprint density at radius 1 is 1.00 bits per heavy atom. The van der Waals surface area contributed by atoms with Crippen molar-refractivity contribution < 1.29 is 4.79 Å². The van der Waals surface area contributed by atoms with Crippen LogP contribution in [0.3, 0.4) is 0 Å². The van der Waals surface area contributed by atoms with Crippen molar-refractivity contribution >= 4 is 43.4 Å². The van der Waals surface area contributed by atoms with Crippen molar-refractivity contribution in [3.63, 3.8) is 0 Å². The normalized spacial score (nSPS) is 11.3. The van der Waals surface area contributed by atoms with E-state index < -0.39 is 0 Å². The van der Waals surface area contributed by atoms with Crippen LogP contribution in [0.1, 0.15) is 5.56 Å². The molecule has 0 aliphatic carbocycles. The van der Waals surface area contributed by atoms with E-state index in [9.17, 15) is 4.79 Å². The standard InChI is InChI=1S/C15H11ClOSe/c16-13-6-8-14(9-7-13)18-15(11-17)10-12-4-2-1-3-5-12/h1-11H/b15-10-. The van der Waals surface area contributed by atoms with E-state index in [0.717, 1.165) is 20.8 Å². The van der Waals surface area contributed by atoms with Crippen LogP contribution in [0.4, 0.5) is 0 Å². The van der Waals surface area contributed by atoms with E-state index in [1.54, 1.807) is 0 Å². The van der Waals surface area contributed by atoms with Gasteiger partial charge in [0.25, 0.3) is 0 Å². The molecule has 18 heavy (non-hydrogen) atoms. The zero-order chi connectivity index (χ0) is 12.8. The first-order valence-electron chi connectivity index (χ1n) is 5.43. The molecule has 0 aliphatic rings. The number of hydrogen-bond acceptors (Lipinski definition) is 1. The Morgan fingerprint density at radius 2 is 1.67 bits per heavy atom. The third-order valence-corrected chi connectivity index (χ3v) is 4.54. The Morgan fingerprint density at radius 3 is 2.28 bits per heavy atom. The van der Waals surface area contributed by atoms with E-state index in [4.69, 9.17) is 11.6 Å². The molecule has 0 atom stereocenters. The summed E-state index contributed by atoms with van der Waals surface area (Å²) in [7, 11) is 0. The Kier molecular flexibility index (Phi) is 4.77. The van der Waals surface area contributed by atoms with Gasteiger partial charge in [0.15, 0.2) is 0 Å². The van der Waals surface area contributed by atoms with Gasteiger partial charge in [-0.25, -0.2) is 0 Å². The second-order valence-electron chi connectivity index (χ2n) is 3.63. The molecule has 0 saturated carbocycles. The van der Waals surface area contributed by atoms with Crippen LogP contribution in [-0.4, -0.2) is 21.2 Å². The molecule has 0 radical (unpaired) electrons. The molecule has 0 spiro atoms. The topological polar surface area (TPSA) is 17.1 Å². The second kappa shape index (κ2) is 6.55. The number of allylic oxidation sites excluding steroid dienone is 1. The van der Waals surface area contributed by atoms with Crippen molar-refractivity contribution in [3.8, 4) is 0 Å². The van der Waals surface area contributed by atoms with Gasteiger partial charge in [-0.15, -0.1) is 0 Å². The maximum atomic E-state index is 11.1. The van der Waals surface area contributed by atoms with Crippen LogP contribution in [0, 0.1) is 0 Å². The van der Waals surface area contributed by atoms with E-state index in [1.165, 1.54) is 0 Å². The van der Waals surface area contributed by atoms with Crippen LogP contribution in [0.15, 0.2) is 59.1 Å². The molecule has 2 aromatic rings. The molecule has 90 valence electrons. The molecular weight excluding hydrogens is 311 g/mol. The molecule has 2 aromatic carbocycles. The molecular formula is C15H11ClOSe. The van der Waals surface area contributed by atoms with Gasteiger partial charge in [-0.1, -0.05) is 0 Å². The fourth-order valence-corrected chi connectivity index (χ4v) is 3.22. The summed E-state index contributed by atoms with van der Waals surface area (Å²) in [4.78, 5) is 11.1. The van der Waals surface area contributed by atoms with Gasteiger partial charge >= 0.3 is 118 Å². The maximum absolute atomic E-state index is 11.1. The van der Waals surface area contributed by atoms with Gasteiger partial charge in [0.05, 0.1) is 0 Å². The average Bonchev–Trinajstić information content (AvgIpc) is 2.41. The Balaban J connectivity index is 2.17. The second-order valence-corrected chi connectivity index (χ2v) is 6.47. The van der Waals surface area contributed by atoms with Gasteiger partial charge in [-0.3, -0.25) is 0 Å². The van der Waals surface area contributed by atoms with E-state index in [-0.39, 0.29) is 15.0 Å². The van der Waals surface area contributed by atoms with Gasteiger partial charge in [-0.2, -0.15) is 0 Å². The minimum atomic E-state index is 0.0161. The van der Waals surface area contributed by atoms with Crippen LogP contribution < -0.4 is 4.46 Å². The fraction of sp³-hybridized carbons (Fsp3) is 0. The van der Waals surface area contributed by atoms with Crippen molar-refractivity contribution in [2.45, 2.75) is 0 Å². The monoisotopic (exact) mass is 322 g/mol. The third-order valence-electron chi connectivity index (χ3n) is 2.27. The molecule has 0 unspecified atom stereocenters. The predicted octanol–water partition coefficient (Wildman–Crippen LogP) is 2.91. The van der Waals surface area contributed by atoms with Crippen LogP contribution in [0.25, 0.3) is 6.08 Å². The minimum absolute atomic E-state index is 0.0161. The first kappa shape index (κ1) is 13.1. The van der Waals surface area contributed by atoms with Crippen molar-refractivity contribution in [2.24, 2.45) is 0 Å². The summed E-state index contributed by atoms with van der Waals surface area (Å²) in [5.41, 5.74) is 1.05. The first-order chi connectivity index (χ1) is 8.78. The van der Waals surface area contributed by atoms with E-state index in [0.29, 0.717) is 5.02 Å². The van der Waals surface area contributed by atoms with Crippen LogP contribution in [-0.2, 0) is 4.79 Å². The van der Waals surface area contributed by atoms with Crippen LogP contribution in [0.2, 0.25) is 5.02 Å². The molecule has 0 saturated heterocycles. The molecule has 1 nitrogen and oxygen atoms in total.